The number of nitrogens with one attached hydrogen (secondary N) is 1. The summed E-state index contributed by atoms with van der Waals surface area (Å²) in [6, 6.07) is 9.87. The van der Waals surface area contributed by atoms with E-state index in [1.165, 1.54) is 30.6 Å². The molecular weight excluding hydrogens is 296 g/mol. The second-order valence-electron chi connectivity index (χ2n) is 5.48. The molecule has 2 heterocycles. The lowest BCUT2D eigenvalue weighted by Crippen LogP contribution is -2.32. The fraction of sp³-hybridized carbons (Fsp3) is 0.438. The van der Waals surface area contributed by atoms with Gasteiger partial charge in [0.2, 0.25) is 11.0 Å². The van der Waals surface area contributed by atoms with E-state index in [0.29, 0.717) is 11.6 Å². The molecule has 1 aromatic heterocycles. The van der Waals surface area contributed by atoms with Crippen LogP contribution in [0.25, 0.3) is 10.6 Å². The fourth-order valence-corrected chi connectivity index (χ4v) is 3.36. The topological polar surface area (TPSA) is 58.1 Å². The molecule has 3 rings (SSSR count). The Kier molecular flexibility index (Phi) is 5.13. The number of aromatic nitrogens is 2. The number of likely N-dealkylation sites (tertiary alicyclic amines) is 1. The molecule has 1 aliphatic heterocycles. The molecule has 1 amide bonds. The Labute approximate surface area is 134 Å². The summed E-state index contributed by atoms with van der Waals surface area (Å²) < 4.78 is 0. The van der Waals surface area contributed by atoms with Crippen LogP contribution in [0.5, 0.6) is 0 Å². The zero-order valence-electron chi connectivity index (χ0n) is 12.5. The van der Waals surface area contributed by atoms with Gasteiger partial charge in [0.15, 0.2) is 0 Å². The van der Waals surface area contributed by atoms with Crippen molar-refractivity contribution in [1.82, 2.24) is 15.1 Å². The van der Waals surface area contributed by atoms with E-state index in [1.54, 1.807) is 0 Å². The van der Waals surface area contributed by atoms with Crippen molar-refractivity contribution in [1.29, 1.82) is 0 Å². The molecule has 6 heteroatoms. The second-order valence-corrected chi connectivity index (χ2v) is 6.46. The van der Waals surface area contributed by atoms with Crippen LogP contribution in [0.2, 0.25) is 0 Å². The minimum absolute atomic E-state index is 0.0151. The molecule has 1 fully saturated rings. The van der Waals surface area contributed by atoms with Crippen LogP contribution in [0.3, 0.4) is 0 Å². The Bertz CT molecular complexity index is 608. The number of carbonyl (C=O) groups excluding carboxylic acids is 1. The molecule has 22 heavy (non-hydrogen) atoms. The molecule has 1 N–H and O–H groups in total. The lowest BCUT2D eigenvalue weighted by molar-refractivity contribution is -0.116. The number of nitrogens with zero attached hydrogens (tertiary/aromatic N) is 3. The van der Waals surface area contributed by atoms with Crippen molar-refractivity contribution >= 4 is 22.4 Å². The van der Waals surface area contributed by atoms with Crippen LogP contribution >= 0.6 is 11.3 Å². The number of hydrogen-bond donors (Lipinski definition) is 1. The highest BCUT2D eigenvalue weighted by Gasteiger charge is 2.13. The lowest BCUT2D eigenvalue weighted by Gasteiger charge is -2.25. The monoisotopic (exact) mass is 316 g/mol. The molecular formula is C16H20N4OS. The third-order valence-corrected chi connectivity index (χ3v) is 4.68. The summed E-state index contributed by atoms with van der Waals surface area (Å²) in [6.45, 7) is 3.06. The maximum Gasteiger partial charge on any atom is 0.227 e. The predicted octanol–water partition coefficient (Wildman–Crippen LogP) is 3.02. The highest BCUT2D eigenvalue weighted by atomic mass is 32.1. The zero-order chi connectivity index (χ0) is 15.2. The normalized spacial score (nSPS) is 15.6. The van der Waals surface area contributed by atoms with Gasteiger partial charge in [0.1, 0.15) is 5.01 Å². The van der Waals surface area contributed by atoms with Gasteiger partial charge >= 0.3 is 0 Å². The van der Waals surface area contributed by atoms with Gasteiger partial charge in [-0.1, -0.05) is 48.1 Å². The van der Waals surface area contributed by atoms with Crippen LogP contribution in [-0.2, 0) is 4.79 Å². The van der Waals surface area contributed by atoms with Gasteiger partial charge in [0, 0.05) is 18.5 Å². The van der Waals surface area contributed by atoms with E-state index in [2.05, 4.69) is 20.4 Å². The Hall–Kier alpha value is -1.79. The van der Waals surface area contributed by atoms with Crippen molar-refractivity contribution in [2.45, 2.75) is 25.7 Å². The van der Waals surface area contributed by atoms with Crippen LogP contribution in [0.4, 0.5) is 5.13 Å². The van der Waals surface area contributed by atoms with E-state index in [1.807, 2.05) is 30.3 Å². The van der Waals surface area contributed by atoms with Gasteiger partial charge in [-0.15, -0.1) is 10.2 Å². The van der Waals surface area contributed by atoms with Gasteiger partial charge < -0.3 is 10.2 Å². The summed E-state index contributed by atoms with van der Waals surface area (Å²) in [5.74, 6) is 0.0151. The third-order valence-electron chi connectivity index (χ3n) is 3.80. The Morgan fingerprint density at radius 1 is 1.14 bits per heavy atom. The number of carbonyl (C=O) groups is 1. The van der Waals surface area contributed by atoms with Crippen molar-refractivity contribution in [3.63, 3.8) is 0 Å². The summed E-state index contributed by atoms with van der Waals surface area (Å²) in [7, 11) is 0. The largest absolute Gasteiger partial charge is 0.303 e. The lowest BCUT2D eigenvalue weighted by atomic mass is 10.1. The fourth-order valence-electron chi connectivity index (χ4n) is 2.60. The van der Waals surface area contributed by atoms with Gasteiger partial charge in [-0.05, 0) is 25.9 Å². The smallest absolute Gasteiger partial charge is 0.227 e. The van der Waals surface area contributed by atoms with Crippen molar-refractivity contribution in [3.8, 4) is 10.6 Å². The third kappa shape index (κ3) is 4.11. The van der Waals surface area contributed by atoms with Crippen LogP contribution in [0.1, 0.15) is 25.7 Å². The standard InChI is InChI=1S/C16H20N4OS/c21-14(9-12-20-10-5-2-6-11-20)17-16-19-18-15(22-16)13-7-3-1-4-8-13/h1,3-4,7-8H,2,5-6,9-12H2,(H,17,19,21). The van der Waals surface area contributed by atoms with E-state index in [-0.39, 0.29) is 5.91 Å². The van der Waals surface area contributed by atoms with E-state index in [0.717, 1.165) is 30.2 Å². The van der Waals surface area contributed by atoms with E-state index in [4.69, 9.17) is 0 Å². The van der Waals surface area contributed by atoms with Gasteiger partial charge in [0.05, 0.1) is 0 Å². The molecule has 1 saturated heterocycles. The van der Waals surface area contributed by atoms with Crippen LogP contribution in [0.15, 0.2) is 30.3 Å². The maximum atomic E-state index is 12.0. The van der Waals surface area contributed by atoms with Crippen LogP contribution < -0.4 is 5.32 Å². The first kappa shape index (κ1) is 15.1. The minimum atomic E-state index is 0.0151. The average molecular weight is 316 g/mol. The highest BCUT2D eigenvalue weighted by Crippen LogP contribution is 2.25. The Morgan fingerprint density at radius 3 is 2.68 bits per heavy atom. The summed E-state index contributed by atoms with van der Waals surface area (Å²) in [6.07, 6.45) is 4.33. The quantitative estimate of drug-likeness (QED) is 0.921. The molecule has 2 aromatic rings. The minimum Gasteiger partial charge on any atom is -0.303 e. The van der Waals surface area contributed by atoms with Gasteiger partial charge in [-0.3, -0.25) is 4.79 Å². The van der Waals surface area contributed by atoms with E-state index < -0.39 is 0 Å². The molecule has 0 spiro atoms. The average Bonchev–Trinajstić information content (AvgIpc) is 3.03. The Balaban J connectivity index is 1.50. The summed E-state index contributed by atoms with van der Waals surface area (Å²) in [5, 5.41) is 12.4. The molecule has 0 aliphatic carbocycles. The second kappa shape index (κ2) is 7.47. The van der Waals surface area contributed by atoms with Gasteiger partial charge in [-0.25, -0.2) is 0 Å². The number of benzene rings is 1. The first-order chi connectivity index (χ1) is 10.8. The zero-order valence-corrected chi connectivity index (χ0v) is 13.3. The van der Waals surface area contributed by atoms with E-state index >= 15 is 0 Å². The molecule has 5 nitrogen and oxygen atoms in total. The Morgan fingerprint density at radius 2 is 1.91 bits per heavy atom. The first-order valence-corrected chi connectivity index (χ1v) is 8.54. The molecule has 0 bridgehead atoms. The van der Waals surface area contributed by atoms with Gasteiger partial charge in [-0.2, -0.15) is 0 Å². The molecule has 116 valence electrons. The highest BCUT2D eigenvalue weighted by molar-refractivity contribution is 7.18. The predicted molar refractivity (Wildman–Crippen MR) is 88.9 cm³/mol. The number of amides is 1. The van der Waals surface area contributed by atoms with Crippen molar-refractivity contribution in [3.05, 3.63) is 30.3 Å². The summed E-state index contributed by atoms with van der Waals surface area (Å²) in [4.78, 5) is 14.4. The van der Waals surface area contributed by atoms with Crippen molar-refractivity contribution < 1.29 is 4.79 Å². The first-order valence-electron chi connectivity index (χ1n) is 7.72. The molecule has 0 saturated carbocycles. The maximum absolute atomic E-state index is 12.0. The number of anilines is 1. The van der Waals surface area contributed by atoms with Crippen molar-refractivity contribution in [2.24, 2.45) is 0 Å². The number of hydrogen-bond acceptors (Lipinski definition) is 5. The van der Waals surface area contributed by atoms with Crippen molar-refractivity contribution in [2.75, 3.05) is 25.0 Å². The summed E-state index contributed by atoms with van der Waals surface area (Å²) in [5.41, 5.74) is 1.02. The molecule has 0 unspecified atom stereocenters. The number of piperidine rings is 1. The molecule has 1 aromatic carbocycles. The van der Waals surface area contributed by atoms with E-state index in [9.17, 15) is 4.79 Å². The number of rotatable bonds is 5. The van der Waals surface area contributed by atoms with Crippen LogP contribution in [0, 0.1) is 0 Å². The SMILES string of the molecule is O=C(CCN1CCCCC1)Nc1nnc(-c2ccccc2)s1. The van der Waals surface area contributed by atoms with Gasteiger partial charge in [0.25, 0.3) is 0 Å². The molecule has 0 radical (unpaired) electrons. The molecule has 1 aliphatic rings. The summed E-state index contributed by atoms with van der Waals surface area (Å²) >= 11 is 1.41. The molecule has 0 atom stereocenters. The van der Waals surface area contributed by atoms with Crippen LogP contribution in [-0.4, -0.2) is 40.6 Å².